The molecule has 1 aromatic carbocycles. The lowest BCUT2D eigenvalue weighted by Crippen LogP contribution is -2.64. The minimum absolute atomic E-state index is 0.158. The van der Waals surface area contributed by atoms with Gasteiger partial charge in [-0.2, -0.15) is 0 Å². The molecule has 0 radical (unpaired) electrons. The normalized spacial score (nSPS) is 27.3. The highest BCUT2D eigenvalue weighted by molar-refractivity contribution is 5.97. The number of hydrogen-bond donors (Lipinski definition) is 1. The maximum Gasteiger partial charge on any atom is 0.241 e. The zero-order valence-electron chi connectivity index (χ0n) is 12.5. The molecular weight excluding hydrogens is 264 g/mol. The minimum atomic E-state index is -0.505. The Labute approximate surface area is 125 Å². The summed E-state index contributed by atoms with van der Waals surface area (Å²) in [6.45, 7) is 3.85. The second kappa shape index (κ2) is 4.55. The van der Waals surface area contributed by atoms with Crippen molar-refractivity contribution in [3.05, 3.63) is 29.8 Å². The van der Waals surface area contributed by atoms with Gasteiger partial charge in [-0.3, -0.25) is 9.69 Å². The standard InChI is InChI=1S/C17H22N2O2/c1-12-8-13-4-2-3-5-15(13)19(12)16(20)9-18-10-17(21,11-18)14-6-7-14/h2-5,12,14,21H,6-11H2,1H3. The number of fused-ring (bicyclic) bond motifs is 1. The number of anilines is 1. The Hall–Kier alpha value is -1.39. The molecule has 1 atom stereocenters. The van der Waals surface area contributed by atoms with Crippen molar-refractivity contribution >= 4 is 11.6 Å². The second-order valence-corrected chi connectivity index (χ2v) is 6.97. The summed E-state index contributed by atoms with van der Waals surface area (Å²) in [6, 6.07) is 8.40. The first kappa shape index (κ1) is 13.3. The third-order valence-corrected chi connectivity index (χ3v) is 5.17. The molecule has 1 saturated carbocycles. The van der Waals surface area contributed by atoms with Crippen LogP contribution in [-0.2, 0) is 11.2 Å². The van der Waals surface area contributed by atoms with E-state index in [2.05, 4.69) is 17.9 Å². The Balaban J connectivity index is 1.42. The van der Waals surface area contributed by atoms with E-state index in [-0.39, 0.29) is 11.9 Å². The number of hydrogen-bond acceptors (Lipinski definition) is 3. The summed E-state index contributed by atoms with van der Waals surface area (Å²) in [5.41, 5.74) is 1.82. The predicted molar refractivity (Wildman–Crippen MR) is 81.2 cm³/mol. The van der Waals surface area contributed by atoms with Gasteiger partial charge in [-0.15, -0.1) is 0 Å². The van der Waals surface area contributed by atoms with E-state index in [4.69, 9.17) is 0 Å². The predicted octanol–water partition coefficient (Wildman–Crippen LogP) is 1.42. The number of carbonyl (C=O) groups excluding carboxylic acids is 1. The molecule has 1 aromatic rings. The highest BCUT2D eigenvalue weighted by atomic mass is 16.3. The molecule has 2 aliphatic heterocycles. The van der Waals surface area contributed by atoms with Crippen LogP contribution in [0.4, 0.5) is 5.69 Å². The summed E-state index contributed by atoms with van der Waals surface area (Å²) in [5, 5.41) is 10.3. The maximum atomic E-state index is 12.6. The zero-order chi connectivity index (χ0) is 14.6. The molecule has 112 valence electrons. The molecule has 0 spiro atoms. The van der Waals surface area contributed by atoms with E-state index in [1.54, 1.807) is 0 Å². The average molecular weight is 286 g/mol. The number of likely N-dealkylation sites (tertiary alicyclic amines) is 1. The molecule has 21 heavy (non-hydrogen) atoms. The molecule has 2 fully saturated rings. The van der Waals surface area contributed by atoms with Crippen molar-refractivity contribution in [2.75, 3.05) is 24.5 Å². The van der Waals surface area contributed by atoms with Gasteiger partial charge < -0.3 is 10.0 Å². The zero-order valence-corrected chi connectivity index (χ0v) is 12.5. The fraction of sp³-hybridized carbons (Fsp3) is 0.588. The Bertz CT molecular complexity index is 576. The van der Waals surface area contributed by atoms with Crippen LogP contribution in [-0.4, -0.2) is 47.2 Å². The number of para-hydroxylation sites is 1. The molecule has 1 saturated heterocycles. The van der Waals surface area contributed by atoms with Crippen molar-refractivity contribution in [2.45, 2.75) is 37.8 Å². The van der Waals surface area contributed by atoms with Crippen molar-refractivity contribution in [3.63, 3.8) is 0 Å². The van der Waals surface area contributed by atoms with Crippen molar-refractivity contribution in [3.8, 4) is 0 Å². The first-order chi connectivity index (χ1) is 10.1. The topological polar surface area (TPSA) is 43.8 Å². The van der Waals surface area contributed by atoms with Crippen LogP contribution in [0.2, 0.25) is 0 Å². The van der Waals surface area contributed by atoms with Gasteiger partial charge in [0.2, 0.25) is 5.91 Å². The molecule has 0 bridgehead atoms. The average Bonchev–Trinajstić information content (AvgIpc) is 3.19. The monoisotopic (exact) mass is 286 g/mol. The number of aliphatic hydroxyl groups is 1. The van der Waals surface area contributed by atoms with Gasteiger partial charge in [0, 0.05) is 24.8 Å². The smallest absolute Gasteiger partial charge is 0.241 e. The van der Waals surface area contributed by atoms with Gasteiger partial charge in [-0.1, -0.05) is 18.2 Å². The van der Waals surface area contributed by atoms with Crippen molar-refractivity contribution < 1.29 is 9.90 Å². The van der Waals surface area contributed by atoms with Gasteiger partial charge in [0.1, 0.15) is 0 Å². The number of benzene rings is 1. The first-order valence-corrected chi connectivity index (χ1v) is 7.91. The summed E-state index contributed by atoms with van der Waals surface area (Å²) >= 11 is 0. The summed E-state index contributed by atoms with van der Waals surface area (Å²) in [7, 11) is 0. The number of rotatable bonds is 3. The Morgan fingerprint density at radius 2 is 2.05 bits per heavy atom. The van der Waals surface area contributed by atoms with Crippen LogP contribution >= 0.6 is 0 Å². The van der Waals surface area contributed by atoms with E-state index >= 15 is 0 Å². The molecule has 3 aliphatic rings. The van der Waals surface area contributed by atoms with Crippen molar-refractivity contribution in [1.82, 2.24) is 4.90 Å². The lowest BCUT2D eigenvalue weighted by molar-refractivity contribution is -0.134. The molecule has 0 aromatic heterocycles. The molecule has 4 heteroatoms. The second-order valence-electron chi connectivity index (χ2n) is 6.97. The van der Waals surface area contributed by atoms with Gasteiger partial charge in [0.25, 0.3) is 0 Å². The maximum absolute atomic E-state index is 12.6. The Kier molecular flexibility index (Phi) is 2.88. The highest BCUT2D eigenvalue weighted by Crippen LogP contribution is 2.44. The SMILES string of the molecule is CC1Cc2ccccc2N1C(=O)CN1CC(O)(C2CC2)C1. The molecule has 4 nitrogen and oxygen atoms in total. The third kappa shape index (κ3) is 2.17. The number of β-amino-alcohol motifs (C(OH)–C–C–N with tert-alkyl or cyclic N) is 1. The van der Waals surface area contributed by atoms with Gasteiger partial charge in [0.15, 0.2) is 0 Å². The largest absolute Gasteiger partial charge is 0.387 e. The van der Waals surface area contributed by atoms with Crippen LogP contribution in [0.5, 0.6) is 0 Å². The molecule has 1 N–H and O–H groups in total. The molecule has 1 unspecified atom stereocenters. The summed E-state index contributed by atoms with van der Waals surface area (Å²) in [5.74, 6) is 0.639. The van der Waals surface area contributed by atoms with Crippen LogP contribution < -0.4 is 4.90 Å². The fourth-order valence-electron chi connectivity index (χ4n) is 3.93. The van der Waals surface area contributed by atoms with E-state index in [0.717, 1.165) is 24.9 Å². The van der Waals surface area contributed by atoms with Crippen LogP contribution in [0.25, 0.3) is 0 Å². The quantitative estimate of drug-likeness (QED) is 0.914. The lowest BCUT2D eigenvalue weighted by atomic mass is 9.89. The Morgan fingerprint density at radius 3 is 2.76 bits per heavy atom. The van der Waals surface area contributed by atoms with Crippen molar-refractivity contribution in [2.24, 2.45) is 5.92 Å². The number of carbonyl (C=O) groups is 1. The molecule has 1 amide bonds. The van der Waals surface area contributed by atoms with E-state index in [9.17, 15) is 9.90 Å². The summed E-state index contributed by atoms with van der Waals surface area (Å²) in [6.07, 6.45) is 3.23. The molecule has 4 rings (SSSR count). The number of nitrogens with zero attached hydrogens (tertiary/aromatic N) is 2. The van der Waals surface area contributed by atoms with Crippen LogP contribution in [0.15, 0.2) is 24.3 Å². The van der Waals surface area contributed by atoms with Gasteiger partial charge in [-0.25, -0.2) is 0 Å². The first-order valence-electron chi connectivity index (χ1n) is 7.91. The Morgan fingerprint density at radius 1 is 1.33 bits per heavy atom. The number of amides is 1. The lowest BCUT2D eigenvalue weighted by Gasteiger charge is -2.47. The van der Waals surface area contributed by atoms with Crippen LogP contribution in [0.3, 0.4) is 0 Å². The van der Waals surface area contributed by atoms with Crippen LogP contribution in [0.1, 0.15) is 25.3 Å². The van der Waals surface area contributed by atoms with Gasteiger partial charge in [0.05, 0.1) is 12.1 Å². The summed E-state index contributed by atoms with van der Waals surface area (Å²) in [4.78, 5) is 16.6. The third-order valence-electron chi connectivity index (χ3n) is 5.17. The molecule has 1 aliphatic carbocycles. The van der Waals surface area contributed by atoms with E-state index < -0.39 is 5.60 Å². The van der Waals surface area contributed by atoms with Gasteiger partial charge >= 0.3 is 0 Å². The van der Waals surface area contributed by atoms with E-state index in [0.29, 0.717) is 25.6 Å². The molecule has 2 heterocycles. The van der Waals surface area contributed by atoms with Crippen LogP contribution in [0, 0.1) is 5.92 Å². The minimum Gasteiger partial charge on any atom is -0.387 e. The van der Waals surface area contributed by atoms with E-state index in [1.807, 2.05) is 23.1 Å². The van der Waals surface area contributed by atoms with E-state index in [1.165, 1.54) is 5.56 Å². The fourth-order valence-corrected chi connectivity index (χ4v) is 3.93. The summed E-state index contributed by atoms with van der Waals surface area (Å²) < 4.78 is 0. The van der Waals surface area contributed by atoms with Crippen molar-refractivity contribution in [1.29, 1.82) is 0 Å². The highest BCUT2D eigenvalue weighted by Gasteiger charge is 2.52. The van der Waals surface area contributed by atoms with Gasteiger partial charge in [-0.05, 0) is 43.7 Å². The molecular formula is C17H22N2O2.